The van der Waals surface area contributed by atoms with Crippen molar-refractivity contribution in [1.82, 2.24) is 9.97 Å². The Balaban J connectivity index is 2.03. The number of hydrogen-bond donors (Lipinski definition) is 1. The molecule has 2 N–H and O–H groups in total. The topological polar surface area (TPSA) is 55.0 Å². The van der Waals surface area contributed by atoms with Crippen molar-refractivity contribution in [3.63, 3.8) is 0 Å². The Bertz CT molecular complexity index is 742. The molecule has 0 bridgehead atoms. The van der Waals surface area contributed by atoms with Crippen LogP contribution in [0, 0.1) is 6.92 Å². The number of rotatable bonds is 4. The molecule has 0 aliphatic rings. The molecule has 0 aliphatic carbocycles. The minimum absolute atomic E-state index is 0.616. The second-order valence-electron chi connectivity index (χ2n) is 5.16. The van der Waals surface area contributed by atoms with Gasteiger partial charge in [0.2, 0.25) is 0 Å². The Morgan fingerprint density at radius 1 is 0.955 bits per heavy atom. The molecule has 0 atom stereocenters. The fraction of sp³-hybridized carbons (Fsp3) is 0.111. The van der Waals surface area contributed by atoms with E-state index >= 15 is 0 Å². The summed E-state index contributed by atoms with van der Waals surface area (Å²) >= 11 is 0. The summed E-state index contributed by atoms with van der Waals surface area (Å²) in [4.78, 5) is 10.9. The van der Waals surface area contributed by atoms with Crippen LogP contribution in [0.2, 0.25) is 0 Å². The average Bonchev–Trinajstić information content (AvgIpc) is 2.55. The molecule has 0 aliphatic heterocycles. The zero-order valence-electron chi connectivity index (χ0n) is 12.5. The Labute approximate surface area is 130 Å². The number of benzene rings is 1. The molecule has 110 valence electrons. The van der Waals surface area contributed by atoms with Crippen molar-refractivity contribution >= 4 is 17.2 Å². The van der Waals surface area contributed by atoms with Crippen molar-refractivity contribution in [1.29, 1.82) is 0 Å². The van der Waals surface area contributed by atoms with E-state index in [0.717, 1.165) is 28.5 Å². The van der Waals surface area contributed by atoms with Gasteiger partial charge in [-0.3, -0.25) is 4.98 Å². The van der Waals surface area contributed by atoms with Crippen LogP contribution in [-0.2, 0) is 6.54 Å². The van der Waals surface area contributed by atoms with Crippen molar-refractivity contribution in [3.8, 4) is 0 Å². The molecule has 2 aromatic heterocycles. The van der Waals surface area contributed by atoms with E-state index in [4.69, 9.17) is 5.73 Å². The summed E-state index contributed by atoms with van der Waals surface area (Å²) in [5.74, 6) is 0.851. The summed E-state index contributed by atoms with van der Waals surface area (Å²) in [5, 5.41) is 0. The molecule has 3 rings (SSSR count). The van der Waals surface area contributed by atoms with Crippen LogP contribution < -0.4 is 10.6 Å². The molecule has 4 nitrogen and oxygen atoms in total. The van der Waals surface area contributed by atoms with Crippen LogP contribution in [0.1, 0.15) is 11.3 Å². The normalized spacial score (nSPS) is 10.4. The van der Waals surface area contributed by atoms with Crippen LogP contribution in [0.4, 0.5) is 17.2 Å². The van der Waals surface area contributed by atoms with Crippen LogP contribution in [0.5, 0.6) is 0 Å². The van der Waals surface area contributed by atoms with E-state index in [9.17, 15) is 0 Å². The van der Waals surface area contributed by atoms with Gasteiger partial charge in [0.05, 0.1) is 23.6 Å². The van der Waals surface area contributed by atoms with Gasteiger partial charge >= 0.3 is 0 Å². The van der Waals surface area contributed by atoms with Crippen LogP contribution >= 0.6 is 0 Å². The molecule has 0 unspecified atom stereocenters. The minimum atomic E-state index is 0.616. The Hall–Kier alpha value is -2.88. The molecule has 22 heavy (non-hydrogen) atoms. The first-order valence-corrected chi connectivity index (χ1v) is 7.18. The van der Waals surface area contributed by atoms with Gasteiger partial charge in [0, 0.05) is 12.4 Å². The first-order chi connectivity index (χ1) is 10.7. The molecule has 2 heterocycles. The van der Waals surface area contributed by atoms with Gasteiger partial charge in [0.15, 0.2) is 0 Å². The number of aromatic nitrogens is 2. The zero-order chi connectivity index (χ0) is 15.4. The monoisotopic (exact) mass is 290 g/mol. The van der Waals surface area contributed by atoms with Gasteiger partial charge in [0.1, 0.15) is 5.82 Å². The van der Waals surface area contributed by atoms with Crippen molar-refractivity contribution in [3.05, 3.63) is 78.2 Å². The Morgan fingerprint density at radius 2 is 1.73 bits per heavy atom. The van der Waals surface area contributed by atoms with Crippen molar-refractivity contribution < 1.29 is 0 Å². The van der Waals surface area contributed by atoms with Crippen molar-refractivity contribution in [2.24, 2.45) is 0 Å². The molecule has 0 spiro atoms. The van der Waals surface area contributed by atoms with E-state index < -0.39 is 0 Å². The molecular formula is C18H18N4. The van der Waals surface area contributed by atoms with E-state index in [-0.39, 0.29) is 0 Å². The predicted molar refractivity (Wildman–Crippen MR) is 89.9 cm³/mol. The van der Waals surface area contributed by atoms with Crippen LogP contribution in [0.25, 0.3) is 0 Å². The number of pyridine rings is 2. The summed E-state index contributed by atoms with van der Waals surface area (Å²) in [6, 6.07) is 17.8. The van der Waals surface area contributed by atoms with Gasteiger partial charge in [-0.05, 0) is 48.9 Å². The Kier molecular flexibility index (Phi) is 4.01. The highest BCUT2D eigenvalue weighted by Gasteiger charge is 2.14. The number of hydrogen-bond acceptors (Lipinski definition) is 4. The Morgan fingerprint density at radius 3 is 2.36 bits per heavy atom. The zero-order valence-corrected chi connectivity index (χ0v) is 12.5. The van der Waals surface area contributed by atoms with Crippen molar-refractivity contribution in [2.75, 3.05) is 10.6 Å². The molecule has 0 fully saturated rings. The molecule has 0 radical (unpaired) electrons. The lowest BCUT2D eigenvalue weighted by atomic mass is 10.1. The van der Waals surface area contributed by atoms with E-state index in [0.29, 0.717) is 6.54 Å². The second kappa shape index (κ2) is 6.26. The van der Waals surface area contributed by atoms with Gasteiger partial charge in [0.25, 0.3) is 0 Å². The molecule has 4 heteroatoms. The highest BCUT2D eigenvalue weighted by atomic mass is 15.2. The molecule has 1 aromatic carbocycles. The molecule has 0 amide bonds. The van der Waals surface area contributed by atoms with Gasteiger partial charge in [-0.25, -0.2) is 4.98 Å². The fourth-order valence-electron chi connectivity index (χ4n) is 2.38. The number of nitrogens with two attached hydrogens (primary N) is 1. The van der Waals surface area contributed by atoms with E-state index in [1.807, 2.05) is 55.5 Å². The maximum Gasteiger partial charge on any atom is 0.133 e. The maximum absolute atomic E-state index is 6.22. The summed E-state index contributed by atoms with van der Waals surface area (Å²) in [6.07, 6.45) is 3.58. The standard InChI is InChI=1S/C18H18N4/c1-14-8-9-17(16(19)12-14)22(18-7-3-5-11-21-18)13-15-6-2-4-10-20-15/h2-12H,13,19H2,1H3. The molecule has 0 saturated heterocycles. The first-order valence-electron chi connectivity index (χ1n) is 7.18. The lowest BCUT2D eigenvalue weighted by Crippen LogP contribution is -2.19. The van der Waals surface area contributed by atoms with E-state index in [1.165, 1.54) is 0 Å². The number of nitrogens with zero attached hydrogens (tertiary/aromatic N) is 3. The van der Waals surface area contributed by atoms with Crippen molar-refractivity contribution in [2.45, 2.75) is 13.5 Å². The molecule has 0 saturated carbocycles. The first kappa shape index (κ1) is 14.1. The highest BCUT2D eigenvalue weighted by molar-refractivity contribution is 5.74. The lowest BCUT2D eigenvalue weighted by Gasteiger charge is -2.25. The SMILES string of the molecule is Cc1ccc(N(Cc2ccccn2)c2ccccn2)c(N)c1. The second-order valence-corrected chi connectivity index (χ2v) is 5.16. The fourth-order valence-corrected chi connectivity index (χ4v) is 2.38. The number of aryl methyl sites for hydroxylation is 1. The summed E-state index contributed by atoms with van der Waals surface area (Å²) in [5.41, 5.74) is 10.0. The van der Waals surface area contributed by atoms with Gasteiger partial charge in [-0.15, -0.1) is 0 Å². The number of nitrogen functional groups attached to an aromatic ring is 1. The summed E-state index contributed by atoms with van der Waals surface area (Å²) < 4.78 is 0. The molecular weight excluding hydrogens is 272 g/mol. The summed E-state index contributed by atoms with van der Waals surface area (Å²) in [6.45, 7) is 2.65. The third-order valence-corrected chi connectivity index (χ3v) is 3.45. The van der Waals surface area contributed by atoms with Crippen LogP contribution in [0.3, 0.4) is 0 Å². The van der Waals surface area contributed by atoms with E-state index in [2.05, 4.69) is 20.9 Å². The highest BCUT2D eigenvalue weighted by Crippen LogP contribution is 2.31. The lowest BCUT2D eigenvalue weighted by molar-refractivity contribution is 0.908. The van der Waals surface area contributed by atoms with Gasteiger partial charge < -0.3 is 10.6 Å². The van der Waals surface area contributed by atoms with Crippen LogP contribution in [0.15, 0.2) is 67.0 Å². The smallest absolute Gasteiger partial charge is 0.133 e. The molecule has 3 aromatic rings. The number of anilines is 3. The van der Waals surface area contributed by atoms with Gasteiger partial charge in [-0.2, -0.15) is 0 Å². The third kappa shape index (κ3) is 3.06. The van der Waals surface area contributed by atoms with E-state index in [1.54, 1.807) is 12.4 Å². The predicted octanol–water partition coefficient (Wildman–Crippen LogP) is 3.71. The van der Waals surface area contributed by atoms with Crippen LogP contribution in [-0.4, -0.2) is 9.97 Å². The minimum Gasteiger partial charge on any atom is -0.397 e. The maximum atomic E-state index is 6.22. The quantitative estimate of drug-likeness (QED) is 0.744. The summed E-state index contributed by atoms with van der Waals surface area (Å²) in [7, 11) is 0. The van der Waals surface area contributed by atoms with Gasteiger partial charge in [-0.1, -0.05) is 18.2 Å². The largest absolute Gasteiger partial charge is 0.397 e. The average molecular weight is 290 g/mol. The third-order valence-electron chi connectivity index (χ3n) is 3.45.